The van der Waals surface area contributed by atoms with Crippen LogP contribution in [0, 0.1) is 0 Å². The normalized spacial score (nSPS) is 11.5. The molecule has 0 aliphatic carbocycles. The summed E-state index contributed by atoms with van der Waals surface area (Å²) in [6.45, 7) is 0. The van der Waals surface area contributed by atoms with Gasteiger partial charge in [0.05, 0.1) is 0 Å². The van der Waals surface area contributed by atoms with Gasteiger partial charge in [0.15, 0.2) is 0 Å². The van der Waals surface area contributed by atoms with Gasteiger partial charge in [-0.05, 0) is 26.3 Å². The molecule has 116 valence electrons. The van der Waals surface area contributed by atoms with E-state index in [1.54, 1.807) is 0 Å². The van der Waals surface area contributed by atoms with Gasteiger partial charge in [-0.3, -0.25) is 4.11 Å². The van der Waals surface area contributed by atoms with Crippen molar-refractivity contribution in [3.8, 4) is 0 Å². The molecule has 4 aromatic carbocycles. The lowest BCUT2D eigenvalue weighted by molar-refractivity contribution is 0.843. The molecule has 2 heteroatoms. The number of fused-ring (bicyclic) bond motifs is 1. The molecule has 0 nitrogen and oxygen atoms in total. The van der Waals surface area contributed by atoms with E-state index in [0.717, 1.165) is 26.3 Å². The van der Waals surface area contributed by atoms with E-state index >= 15 is 4.11 Å². The van der Waals surface area contributed by atoms with Crippen molar-refractivity contribution in [1.29, 1.82) is 0 Å². The Morgan fingerprint density at radius 3 is 1.62 bits per heavy atom. The van der Waals surface area contributed by atoms with Crippen LogP contribution in [-0.2, 0) is 0 Å². The summed E-state index contributed by atoms with van der Waals surface area (Å²) in [6, 6.07) is 33.2. The number of benzene rings is 4. The number of hydrogen-bond donors (Lipinski definition) is 0. The molecule has 0 radical (unpaired) electrons. The summed E-state index contributed by atoms with van der Waals surface area (Å²) in [5.74, 6) is 0. The van der Waals surface area contributed by atoms with E-state index in [1.165, 1.54) is 0 Å². The quantitative estimate of drug-likeness (QED) is 0.305. The SMILES string of the molecule is F[Si](c1ccccc1)(c1ccccc1)c1cccc2ccccc12. The van der Waals surface area contributed by atoms with E-state index in [0.29, 0.717) is 0 Å². The lowest BCUT2D eigenvalue weighted by Crippen LogP contribution is -2.64. The lowest BCUT2D eigenvalue weighted by atomic mass is 10.1. The van der Waals surface area contributed by atoms with Crippen LogP contribution in [-0.4, -0.2) is 8.41 Å². The number of halogens is 1. The third-order valence-corrected chi connectivity index (χ3v) is 7.94. The van der Waals surface area contributed by atoms with Gasteiger partial charge in [-0.2, -0.15) is 0 Å². The third kappa shape index (κ3) is 2.36. The maximum absolute atomic E-state index is 16.9. The highest BCUT2D eigenvalue weighted by molar-refractivity contribution is 7.07. The van der Waals surface area contributed by atoms with Gasteiger partial charge in [0.25, 0.3) is 0 Å². The average Bonchev–Trinajstić information content (AvgIpc) is 2.68. The highest BCUT2D eigenvalue weighted by atomic mass is 28.4. The fraction of sp³-hybridized carbons (Fsp3) is 0. The van der Waals surface area contributed by atoms with Gasteiger partial charge in [0, 0.05) is 0 Å². The van der Waals surface area contributed by atoms with Gasteiger partial charge in [0.2, 0.25) is 0 Å². The fourth-order valence-corrected chi connectivity index (χ4v) is 6.52. The Bertz CT molecular complexity index is 920. The first-order valence-electron chi connectivity index (χ1n) is 8.08. The van der Waals surface area contributed by atoms with E-state index in [9.17, 15) is 0 Å². The zero-order valence-electron chi connectivity index (χ0n) is 13.2. The molecule has 0 fully saturated rings. The molecule has 4 aromatic rings. The van der Waals surface area contributed by atoms with Crippen LogP contribution in [0.4, 0.5) is 4.11 Å². The Kier molecular flexibility index (Phi) is 3.75. The van der Waals surface area contributed by atoms with Crippen LogP contribution in [0.1, 0.15) is 0 Å². The molecule has 0 spiro atoms. The van der Waals surface area contributed by atoms with E-state index in [2.05, 4.69) is 0 Å². The maximum atomic E-state index is 16.9. The summed E-state index contributed by atoms with van der Waals surface area (Å²) in [5.41, 5.74) is 0. The molecule has 0 aliphatic rings. The molecule has 0 saturated carbocycles. The molecule has 24 heavy (non-hydrogen) atoms. The standard InChI is InChI=1S/C22H17FSi/c23-24(19-12-3-1-4-13-19,20-14-5-2-6-15-20)22-17-9-11-18-10-7-8-16-21(18)22/h1-17H. The highest BCUT2D eigenvalue weighted by Gasteiger charge is 2.42. The Balaban J connectivity index is 2.07. The molecule has 4 rings (SSSR count). The van der Waals surface area contributed by atoms with Crippen LogP contribution in [0.15, 0.2) is 103 Å². The minimum atomic E-state index is -3.54. The molecule has 0 bridgehead atoms. The molecule has 0 heterocycles. The van der Waals surface area contributed by atoms with Gasteiger partial charge in [0.1, 0.15) is 0 Å². The van der Waals surface area contributed by atoms with Crippen molar-refractivity contribution < 1.29 is 4.11 Å². The summed E-state index contributed by atoms with van der Waals surface area (Å²) >= 11 is 0. The summed E-state index contributed by atoms with van der Waals surface area (Å²) < 4.78 is 16.9. The molecular weight excluding hydrogens is 311 g/mol. The van der Waals surface area contributed by atoms with Crippen molar-refractivity contribution >= 4 is 34.7 Å². The zero-order chi connectivity index (χ0) is 16.4. The Hall–Kier alpha value is -2.71. The van der Waals surface area contributed by atoms with Crippen LogP contribution in [0.2, 0.25) is 0 Å². The van der Waals surface area contributed by atoms with Gasteiger partial charge < -0.3 is 0 Å². The predicted octanol–water partition coefficient (Wildman–Crippen LogP) is 3.78. The third-order valence-electron chi connectivity index (χ3n) is 4.50. The monoisotopic (exact) mass is 328 g/mol. The van der Waals surface area contributed by atoms with Crippen LogP contribution < -0.4 is 15.6 Å². The zero-order valence-corrected chi connectivity index (χ0v) is 14.2. The molecule has 0 saturated heterocycles. The maximum Gasteiger partial charge on any atom is 0.340 e. The van der Waals surface area contributed by atoms with Gasteiger partial charge in [-0.15, -0.1) is 0 Å². The van der Waals surface area contributed by atoms with Gasteiger partial charge in [-0.25, -0.2) is 0 Å². The Labute approximate surface area is 142 Å². The van der Waals surface area contributed by atoms with Crippen molar-refractivity contribution in [2.24, 2.45) is 0 Å². The fourth-order valence-electron chi connectivity index (χ4n) is 3.34. The summed E-state index contributed by atoms with van der Waals surface area (Å²) in [5, 5.41) is 4.47. The Morgan fingerprint density at radius 1 is 0.500 bits per heavy atom. The molecule has 0 aromatic heterocycles. The first-order valence-corrected chi connectivity index (χ1v) is 9.96. The second-order valence-electron chi connectivity index (χ2n) is 5.92. The predicted molar refractivity (Wildman–Crippen MR) is 103 cm³/mol. The topological polar surface area (TPSA) is 0 Å². The smallest absolute Gasteiger partial charge is 0.296 e. The lowest BCUT2D eigenvalue weighted by Gasteiger charge is -2.25. The van der Waals surface area contributed by atoms with Crippen molar-refractivity contribution in [2.45, 2.75) is 0 Å². The largest absolute Gasteiger partial charge is 0.340 e. The Morgan fingerprint density at radius 2 is 1.00 bits per heavy atom. The van der Waals surface area contributed by atoms with Crippen molar-refractivity contribution in [3.05, 3.63) is 103 Å². The van der Waals surface area contributed by atoms with E-state index in [-0.39, 0.29) is 0 Å². The molecule has 0 aliphatic heterocycles. The van der Waals surface area contributed by atoms with Crippen molar-refractivity contribution in [2.75, 3.05) is 0 Å². The molecule has 0 unspecified atom stereocenters. The van der Waals surface area contributed by atoms with E-state index < -0.39 is 8.41 Å². The van der Waals surface area contributed by atoms with Crippen LogP contribution in [0.5, 0.6) is 0 Å². The second-order valence-corrected chi connectivity index (χ2v) is 8.93. The second kappa shape index (κ2) is 6.06. The summed E-state index contributed by atoms with van der Waals surface area (Å²) in [6.07, 6.45) is 0. The number of rotatable bonds is 3. The van der Waals surface area contributed by atoms with Crippen LogP contribution in [0.3, 0.4) is 0 Å². The highest BCUT2D eigenvalue weighted by Crippen LogP contribution is 2.17. The minimum absolute atomic E-state index is 0.785. The van der Waals surface area contributed by atoms with Crippen LogP contribution >= 0.6 is 0 Å². The molecule has 0 N–H and O–H groups in total. The summed E-state index contributed by atoms with van der Waals surface area (Å²) in [4.78, 5) is 0. The molecular formula is C22H17FSi. The van der Waals surface area contributed by atoms with Crippen molar-refractivity contribution in [1.82, 2.24) is 0 Å². The van der Waals surface area contributed by atoms with Gasteiger partial charge >= 0.3 is 8.41 Å². The average molecular weight is 328 g/mol. The first kappa shape index (κ1) is 14.9. The summed E-state index contributed by atoms with van der Waals surface area (Å²) in [7, 11) is -3.54. The van der Waals surface area contributed by atoms with E-state index in [4.69, 9.17) is 0 Å². The molecule has 0 atom stereocenters. The van der Waals surface area contributed by atoms with E-state index in [1.807, 2.05) is 103 Å². The van der Waals surface area contributed by atoms with Crippen LogP contribution in [0.25, 0.3) is 10.8 Å². The molecule has 0 amide bonds. The van der Waals surface area contributed by atoms with Crippen molar-refractivity contribution in [3.63, 3.8) is 0 Å². The minimum Gasteiger partial charge on any atom is -0.296 e. The first-order chi connectivity index (χ1) is 11.8. The number of hydrogen-bond acceptors (Lipinski definition) is 0. The van der Waals surface area contributed by atoms with Gasteiger partial charge in [-0.1, -0.05) is 103 Å².